The average molecular weight is 470 g/mol. The van der Waals surface area contributed by atoms with Crippen molar-refractivity contribution in [2.24, 2.45) is 0 Å². The van der Waals surface area contributed by atoms with Crippen LogP contribution in [-0.4, -0.2) is 36.7 Å². The minimum Gasteiger partial charge on any atom is -0.497 e. The largest absolute Gasteiger partial charge is 0.497 e. The summed E-state index contributed by atoms with van der Waals surface area (Å²) in [6.07, 6.45) is 1.68. The number of pyridine rings is 1. The van der Waals surface area contributed by atoms with Crippen molar-refractivity contribution in [1.82, 2.24) is 9.97 Å². The standard InChI is InChI=1S/C23H20ClN3O4S/c1-29-16-6-8-17(9-7-16)31-14-20(28)27(13-15-5-3-4-12-25-15)23-26-21-19(30-2)11-10-18(24)22(21)32-23/h3-12H,13-14H2,1-2H3. The number of thiazole rings is 1. The van der Waals surface area contributed by atoms with Crippen molar-refractivity contribution in [3.8, 4) is 17.2 Å². The summed E-state index contributed by atoms with van der Waals surface area (Å²) in [7, 11) is 3.16. The first-order valence-electron chi connectivity index (χ1n) is 9.69. The van der Waals surface area contributed by atoms with Crippen LogP contribution in [0.25, 0.3) is 10.2 Å². The molecule has 0 saturated carbocycles. The van der Waals surface area contributed by atoms with E-state index in [1.54, 1.807) is 61.7 Å². The van der Waals surface area contributed by atoms with Crippen molar-refractivity contribution < 1.29 is 19.0 Å². The molecule has 0 aliphatic rings. The van der Waals surface area contributed by atoms with Crippen LogP contribution in [0.5, 0.6) is 17.2 Å². The van der Waals surface area contributed by atoms with Crippen molar-refractivity contribution in [3.63, 3.8) is 0 Å². The van der Waals surface area contributed by atoms with Crippen LogP contribution in [0.1, 0.15) is 5.69 Å². The van der Waals surface area contributed by atoms with Gasteiger partial charge in [-0.25, -0.2) is 4.98 Å². The maximum absolute atomic E-state index is 13.2. The maximum atomic E-state index is 13.2. The second kappa shape index (κ2) is 9.84. The van der Waals surface area contributed by atoms with Crippen molar-refractivity contribution in [2.75, 3.05) is 25.7 Å². The second-order valence-corrected chi connectivity index (χ2v) is 8.07. The lowest BCUT2D eigenvalue weighted by Gasteiger charge is -2.19. The molecule has 0 radical (unpaired) electrons. The Morgan fingerprint density at radius 3 is 2.50 bits per heavy atom. The number of carbonyl (C=O) groups excluding carboxylic acids is 1. The molecule has 0 aliphatic heterocycles. The summed E-state index contributed by atoms with van der Waals surface area (Å²) in [5.74, 6) is 1.60. The molecule has 2 heterocycles. The molecule has 4 aromatic rings. The lowest BCUT2D eigenvalue weighted by Crippen LogP contribution is -2.34. The molecule has 1 amide bonds. The maximum Gasteiger partial charge on any atom is 0.267 e. The van der Waals surface area contributed by atoms with E-state index in [2.05, 4.69) is 9.97 Å². The molecule has 0 spiro atoms. The first kappa shape index (κ1) is 21.9. The van der Waals surface area contributed by atoms with Gasteiger partial charge in [0.05, 0.1) is 36.2 Å². The molecule has 4 rings (SSSR count). The molecule has 0 unspecified atom stereocenters. The lowest BCUT2D eigenvalue weighted by molar-refractivity contribution is -0.120. The molecule has 164 valence electrons. The molecule has 0 atom stereocenters. The number of hydrogen-bond acceptors (Lipinski definition) is 7. The third-order valence-corrected chi connectivity index (χ3v) is 6.21. The molecule has 2 aromatic carbocycles. The molecule has 2 aromatic heterocycles. The molecule has 0 saturated heterocycles. The number of halogens is 1. The monoisotopic (exact) mass is 469 g/mol. The molecule has 7 nitrogen and oxygen atoms in total. The van der Waals surface area contributed by atoms with Gasteiger partial charge in [0, 0.05) is 6.20 Å². The third kappa shape index (κ3) is 4.76. The Balaban J connectivity index is 1.63. The Hall–Kier alpha value is -3.36. The minimum atomic E-state index is -0.263. The lowest BCUT2D eigenvalue weighted by atomic mass is 10.3. The molecule has 0 N–H and O–H groups in total. The molecule has 0 fully saturated rings. The van der Waals surface area contributed by atoms with Gasteiger partial charge in [0.25, 0.3) is 5.91 Å². The zero-order valence-corrected chi connectivity index (χ0v) is 19.0. The highest BCUT2D eigenvalue weighted by Gasteiger charge is 2.23. The SMILES string of the molecule is COc1ccc(OCC(=O)N(Cc2ccccn2)c2nc3c(OC)ccc(Cl)c3s2)cc1. The molecule has 0 aliphatic carbocycles. The fourth-order valence-electron chi connectivity index (χ4n) is 3.03. The van der Waals surface area contributed by atoms with Crippen molar-refractivity contribution >= 4 is 44.2 Å². The highest BCUT2D eigenvalue weighted by Crippen LogP contribution is 2.39. The Morgan fingerprint density at radius 2 is 1.81 bits per heavy atom. The predicted molar refractivity (Wildman–Crippen MR) is 125 cm³/mol. The van der Waals surface area contributed by atoms with Crippen LogP contribution < -0.4 is 19.1 Å². The second-order valence-electron chi connectivity index (χ2n) is 6.69. The fraction of sp³-hybridized carbons (Fsp3) is 0.174. The molecule has 9 heteroatoms. The van der Waals surface area contributed by atoms with Gasteiger partial charge in [-0.2, -0.15) is 0 Å². The Morgan fingerprint density at radius 1 is 1.03 bits per heavy atom. The highest BCUT2D eigenvalue weighted by molar-refractivity contribution is 7.23. The van der Waals surface area contributed by atoms with E-state index in [1.807, 2.05) is 18.2 Å². The number of benzene rings is 2. The number of nitrogens with zero attached hydrogens (tertiary/aromatic N) is 3. The summed E-state index contributed by atoms with van der Waals surface area (Å²) in [6, 6.07) is 16.1. The molecular formula is C23H20ClN3O4S. The van der Waals surface area contributed by atoms with Crippen LogP contribution in [0.4, 0.5) is 5.13 Å². The van der Waals surface area contributed by atoms with Gasteiger partial charge in [-0.1, -0.05) is 29.0 Å². The molecule has 32 heavy (non-hydrogen) atoms. The van der Waals surface area contributed by atoms with Crippen molar-refractivity contribution in [2.45, 2.75) is 6.54 Å². The normalized spacial score (nSPS) is 10.7. The van der Waals surface area contributed by atoms with E-state index in [0.717, 1.165) is 10.4 Å². The molecule has 0 bridgehead atoms. The number of hydrogen-bond donors (Lipinski definition) is 0. The van der Waals surface area contributed by atoms with E-state index in [4.69, 9.17) is 25.8 Å². The number of anilines is 1. The quantitative estimate of drug-likeness (QED) is 0.362. The van der Waals surface area contributed by atoms with Gasteiger partial charge in [-0.15, -0.1) is 0 Å². The Labute approximate surface area is 194 Å². The summed E-state index contributed by atoms with van der Waals surface area (Å²) >= 11 is 7.69. The average Bonchev–Trinajstić information content (AvgIpc) is 3.28. The first-order valence-corrected chi connectivity index (χ1v) is 10.9. The fourth-order valence-corrected chi connectivity index (χ4v) is 4.31. The number of rotatable bonds is 8. The van der Waals surface area contributed by atoms with E-state index in [-0.39, 0.29) is 19.1 Å². The third-order valence-electron chi connectivity index (χ3n) is 4.67. The predicted octanol–water partition coefficient (Wildman–Crippen LogP) is 4.97. The van der Waals surface area contributed by atoms with Gasteiger partial charge < -0.3 is 14.2 Å². The zero-order valence-electron chi connectivity index (χ0n) is 17.4. The summed E-state index contributed by atoms with van der Waals surface area (Å²) in [6.45, 7) is 0.0748. The number of aromatic nitrogens is 2. The van der Waals surface area contributed by atoms with Crippen LogP contribution in [-0.2, 0) is 11.3 Å². The summed E-state index contributed by atoms with van der Waals surface area (Å²) < 4.78 is 17.0. The van der Waals surface area contributed by atoms with E-state index < -0.39 is 0 Å². The zero-order chi connectivity index (χ0) is 22.5. The van der Waals surface area contributed by atoms with Gasteiger partial charge in [-0.05, 0) is 48.5 Å². The number of amides is 1. The van der Waals surface area contributed by atoms with Gasteiger partial charge in [-0.3, -0.25) is 14.7 Å². The molecular weight excluding hydrogens is 450 g/mol. The van der Waals surface area contributed by atoms with Crippen molar-refractivity contribution in [3.05, 3.63) is 71.5 Å². The Kier molecular flexibility index (Phi) is 6.72. The van der Waals surface area contributed by atoms with E-state index in [0.29, 0.717) is 32.9 Å². The van der Waals surface area contributed by atoms with Gasteiger partial charge in [0.2, 0.25) is 0 Å². The van der Waals surface area contributed by atoms with Gasteiger partial charge in [0.1, 0.15) is 22.8 Å². The van der Waals surface area contributed by atoms with E-state index in [1.165, 1.54) is 11.3 Å². The summed E-state index contributed by atoms with van der Waals surface area (Å²) in [4.78, 5) is 23.8. The van der Waals surface area contributed by atoms with Crippen LogP contribution in [0, 0.1) is 0 Å². The summed E-state index contributed by atoms with van der Waals surface area (Å²) in [5.41, 5.74) is 1.33. The first-order chi connectivity index (χ1) is 15.6. The van der Waals surface area contributed by atoms with Crippen LogP contribution in [0.2, 0.25) is 5.02 Å². The number of ether oxygens (including phenoxy) is 3. The topological polar surface area (TPSA) is 73.8 Å². The minimum absolute atomic E-state index is 0.167. The van der Waals surface area contributed by atoms with Gasteiger partial charge in [0.15, 0.2) is 11.7 Å². The smallest absolute Gasteiger partial charge is 0.267 e. The highest BCUT2D eigenvalue weighted by atomic mass is 35.5. The van der Waals surface area contributed by atoms with Crippen LogP contribution in [0.15, 0.2) is 60.8 Å². The number of methoxy groups -OCH3 is 2. The van der Waals surface area contributed by atoms with Gasteiger partial charge >= 0.3 is 0 Å². The van der Waals surface area contributed by atoms with E-state index >= 15 is 0 Å². The van der Waals surface area contributed by atoms with Crippen LogP contribution in [0.3, 0.4) is 0 Å². The van der Waals surface area contributed by atoms with E-state index in [9.17, 15) is 4.79 Å². The summed E-state index contributed by atoms with van der Waals surface area (Å²) in [5, 5.41) is 1.03. The Bertz CT molecular complexity index is 1220. The van der Waals surface area contributed by atoms with Crippen molar-refractivity contribution in [1.29, 1.82) is 0 Å². The number of fused-ring (bicyclic) bond motifs is 1. The number of carbonyl (C=O) groups is 1. The van der Waals surface area contributed by atoms with Crippen LogP contribution >= 0.6 is 22.9 Å².